The van der Waals surface area contributed by atoms with E-state index < -0.39 is 5.60 Å². The van der Waals surface area contributed by atoms with Gasteiger partial charge in [0.05, 0.1) is 17.9 Å². The van der Waals surface area contributed by atoms with Crippen molar-refractivity contribution >= 4 is 23.6 Å². The highest BCUT2D eigenvalue weighted by Gasteiger charge is 2.55. The molecule has 9 nitrogen and oxygen atoms in total. The Morgan fingerprint density at radius 1 is 1.15 bits per heavy atom. The number of ether oxygens (including phenoxy) is 1. The summed E-state index contributed by atoms with van der Waals surface area (Å²) < 4.78 is 5.63. The minimum atomic E-state index is -0.538. The molecule has 3 heterocycles. The number of rotatable bonds is 2. The lowest BCUT2D eigenvalue weighted by Gasteiger charge is -2.46. The van der Waals surface area contributed by atoms with Gasteiger partial charge in [0.15, 0.2) is 0 Å². The highest BCUT2D eigenvalue weighted by atomic mass is 16.6. The van der Waals surface area contributed by atoms with Crippen LogP contribution in [0.1, 0.15) is 65.9 Å². The topological polar surface area (TPSA) is 103 Å². The van der Waals surface area contributed by atoms with E-state index in [2.05, 4.69) is 22.9 Å². The van der Waals surface area contributed by atoms with Gasteiger partial charge in [-0.3, -0.25) is 9.69 Å². The molecule has 9 heteroatoms. The third-order valence-corrected chi connectivity index (χ3v) is 7.79. The van der Waals surface area contributed by atoms with E-state index in [4.69, 9.17) is 9.72 Å². The number of carbonyl (C=O) groups excluding carboxylic acids is 2. The van der Waals surface area contributed by atoms with Crippen LogP contribution in [0.15, 0.2) is 6.33 Å². The number of nitrogens with zero attached hydrogens (tertiary/aromatic N) is 6. The van der Waals surface area contributed by atoms with Crippen molar-refractivity contribution in [3.8, 4) is 6.07 Å². The van der Waals surface area contributed by atoms with E-state index in [9.17, 15) is 14.9 Å². The first-order valence-electron chi connectivity index (χ1n) is 12.4. The minimum Gasteiger partial charge on any atom is -0.444 e. The maximum atomic E-state index is 13.2. The molecule has 5 rings (SSSR count). The number of amides is 2. The summed E-state index contributed by atoms with van der Waals surface area (Å²) in [5.74, 6) is 1.25. The zero-order valence-corrected chi connectivity index (χ0v) is 20.7. The van der Waals surface area contributed by atoms with Crippen LogP contribution < -0.4 is 9.80 Å². The van der Waals surface area contributed by atoms with Gasteiger partial charge in [0.1, 0.15) is 23.6 Å². The molecule has 0 radical (unpaired) electrons. The molecule has 2 amide bonds. The van der Waals surface area contributed by atoms with E-state index in [0.29, 0.717) is 31.9 Å². The van der Waals surface area contributed by atoms with E-state index in [1.807, 2.05) is 32.6 Å². The van der Waals surface area contributed by atoms with Crippen molar-refractivity contribution < 1.29 is 14.3 Å². The van der Waals surface area contributed by atoms with Crippen LogP contribution in [0.4, 0.5) is 16.4 Å². The van der Waals surface area contributed by atoms with Crippen molar-refractivity contribution in [1.82, 2.24) is 14.9 Å². The van der Waals surface area contributed by atoms with Crippen LogP contribution in [0.5, 0.6) is 0 Å². The number of piperazine rings is 1. The summed E-state index contributed by atoms with van der Waals surface area (Å²) in [5, 5.41) is 9.22. The normalized spacial score (nSPS) is 29.4. The molecule has 0 bridgehead atoms. The molecule has 1 spiro atoms. The second kappa shape index (κ2) is 7.82. The van der Waals surface area contributed by atoms with Gasteiger partial charge >= 0.3 is 6.09 Å². The smallest absolute Gasteiger partial charge is 0.410 e. The van der Waals surface area contributed by atoms with Crippen LogP contribution in [0.3, 0.4) is 0 Å². The Hall–Kier alpha value is -2.89. The van der Waals surface area contributed by atoms with Crippen LogP contribution in [0.2, 0.25) is 0 Å². The largest absolute Gasteiger partial charge is 0.444 e. The number of anilines is 2. The average molecular weight is 467 g/mol. The van der Waals surface area contributed by atoms with Gasteiger partial charge in [-0.05, 0) is 53.9 Å². The van der Waals surface area contributed by atoms with E-state index in [-0.39, 0.29) is 41.3 Å². The third-order valence-electron chi connectivity index (χ3n) is 7.79. The summed E-state index contributed by atoms with van der Waals surface area (Å²) in [6.07, 6.45) is 5.06. The Morgan fingerprint density at radius 2 is 1.85 bits per heavy atom. The number of fused-ring (bicyclic) bond motifs is 2. The quantitative estimate of drug-likeness (QED) is 0.659. The van der Waals surface area contributed by atoms with E-state index in [1.165, 1.54) is 0 Å². The van der Waals surface area contributed by atoms with Crippen LogP contribution in [0.25, 0.3) is 0 Å². The Morgan fingerprint density at radius 3 is 2.44 bits per heavy atom. The lowest BCUT2D eigenvalue weighted by atomic mass is 9.66. The fourth-order valence-corrected chi connectivity index (χ4v) is 5.72. The van der Waals surface area contributed by atoms with Gasteiger partial charge < -0.3 is 14.5 Å². The molecule has 2 aliphatic carbocycles. The van der Waals surface area contributed by atoms with Crippen molar-refractivity contribution in [3.05, 3.63) is 11.9 Å². The molecule has 4 atom stereocenters. The molecule has 0 N–H and O–H groups in total. The summed E-state index contributed by atoms with van der Waals surface area (Å²) in [4.78, 5) is 41.3. The Labute approximate surface area is 201 Å². The number of nitriles is 1. The highest BCUT2D eigenvalue weighted by Crippen LogP contribution is 2.56. The predicted octanol–water partition coefficient (Wildman–Crippen LogP) is 3.24. The maximum Gasteiger partial charge on any atom is 0.410 e. The van der Waals surface area contributed by atoms with Crippen LogP contribution >= 0.6 is 0 Å². The Bertz CT molecular complexity index is 1060. The minimum absolute atomic E-state index is 0.0254. The average Bonchev–Trinajstić information content (AvgIpc) is 3.44. The van der Waals surface area contributed by atoms with Gasteiger partial charge in [-0.15, -0.1) is 0 Å². The lowest BCUT2D eigenvalue weighted by molar-refractivity contribution is -0.120. The third kappa shape index (κ3) is 3.68. The molecule has 2 unspecified atom stereocenters. The number of carbonyl (C=O) groups is 2. The molecular formula is C25H34N6O3. The Balaban J connectivity index is 1.43. The van der Waals surface area contributed by atoms with Gasteiger partial charge in [-0.1, -0.05) is 6.42 Å². The molecule has 4 aliphatic rings. The maximum absolute atomic E-state index is 13.2. The van der Waals surface area contributed by atoms with Crippen LogP contribution in [-0.4, -0.2) is 64.2 Å². The highest BCUT2D eigenvalue weighted by molar-refractivity contribution is 5.99. The molecule has 1 saturated heterocycles. The summed E-state index contributed by atoms with van der Waals surface area (Å²) in [6.45, 7) is 11.6. The lowest BCUT2D eigenvalue weighted by Crippen LogP contribution is -2.59. The predicted molar refractivity (Wildman–Crippen MR) is 126 cm³/mol. The second-order valence-corrected chi connectivity index (χ2v) is 11.5. The van der Waals surface area contributed by atoms with Gasteiger partial charge in [0, 0.05) is 42.7 Å². The van der Waals surface area contributed by atoms with Crippen molar-refractivity contribution in [1.29, 1.82) is 5.26 Å². The monoisotopic (exact) mass is 466 g/mol. The molecule has 1 aromatic rings. The van der Waals surface area contributed by atoms with Crippen molar-refractivity contribution in [2.75, 3.05) is 29.4 Å². The Kier molecular flexibility index (Phi) is 5.26. The van der Waals surface area contributed by atoms with E-state index in [0.717, 1.165) is 30.6 Å². The molecule has 0 aromatic carbocycles. The zero-order valence-electron chi connectivity index (χ0n) is 20.7. The zero-order chi connectivity index (χ0) is 24.4. The van der Waals surface area contributed by atoms with Gasteiger partial charge in [-0.2, -0.15) is 5.26 Å². The van der Waals surface area contributed by atoms with Gasteiger partial charge in [0.2, 0.25) is 5.91 Å². The first-order valence-corrected chi connectivity index (χ1v) is 12.4. The summed E-state index contributed by atoms with van der Waals surface area (Å²) >= 11 is 0. The molecule has 182 valence electrons. The van der Waals surface area contributed by atoms with Crippen molar-refractivity contribution in [2.24, 2.45) is 11.8 Å². The summed E-state index contributed by atoms with van der Waals surface area (Å²) in [6, 6.07) is 2.23. The fraction of sp³-hybridized carbons (Fsp3) is 0.720. The first kappa shape index (κ1) is 22.9. The summed E-state index contributed by atoms with van der Waals surface area (Å²) in [5.41, 5.74) is 0.432. The molecule has 3 fully saturated rings. The molecular weight excluding hydrogens is 432 g/mol. The summed E-state index contributed by atoms with van der Waals surface area (Å²) in [7, 11) is 0. The molecule has 1 aromatic heterocycles. The fourth-order valence-electron chi connectivity index (χ4n) is 5.72. The molecule has 2 saturated carbocycles. The van der Waals surface area contributed by atoms with Gasteiger partial charge in [-0.25, -0.2) is 14.8 Å². The first-order chi connectivity index (χ1) is 16.0. The molecule has 2 aliphatic heterocycles. The van der Waals surface area contributed by atoms with Crippen LogP contribution in [-0.2, 0) is 14.9 Å². The van der Waals surface area contributed by atoms with E-state index in [1.54, 1.807) is 11.2 Å². The molecule has 34 heavy (non-hydrogen) atoms. The number of hydrogen-bond donors (Lipinski definition) is 0. The van der Waals surface area contributed by atoms with Crippen LogP contribution in [0, 0.1) is 23.2 Å². The standard InChI is InChI=1S/C25H34N6O3/c1-15-12-30(23(33)34-24(3,4)5)16(2)11-29(15)20-19-21(28-14-27-20)31(13-25(19)7-6-8-25)22(32)18-9-17(18)10-26/h14-18H,6-9,11-13H2,1-5H3/t15-,16+,17?,18?/m0/s1. The van der Waals surface area contributed by atoms with Crippen molar-refractivity contribution in [2.45, 2.75) is 83.4 Å². The number of hydrogen-bond acceptors (Lipinski definition) is 7. The number of aromatic nitrogens is 2. The SMILES string of the molecule is C[C@@H]1CN(c2ncnc3c2C2(CCC2)CN3C(=O)C2CC2C#N)[C@@H](C)CN1C(=O)OC(C)(C)C. The van der Waals surface area contributed by atoms with Gasteiger partial charge in [0.25, 0.3) is 0 Å². The van der Waals surface area contributed by atoms with Crippen molar-refractivity contribution in [3.63, 3.8) is 0 Å². The van der Waals surface area contributed by atoms with E-state index >= 15 is 0 Å². The second-order valence-electron chi connectivity index (χ2n) is 11.5.